The van der Waals surface area contributed by atoms with Crippen LogP contribution in [0.5, 0.6) is 0 Å². The first kappa shape index (κ1) is 16.8. The summed E-state index contributed by atoms with van der Waals surface area (Å²) in [5.74, 6) is 0.698. The van der Waals surface area contributed by atoms with Gasteiger partial charge in [-0.2, -0.15) is 15.2 Å². The third-order valence-electron chi connectivity index (χ3n) is 4.84. The summed E-state index contributed by atoms with van der Waals surface area (Å²) in [4.78, 5) is 4.37. The van der Waals surface area contributed by atoms with Crippen molar-refractivity contribution in [2.24, 2.45) is 0 Å². The lowest BCUT2D eigenvalue weighted by Gasteiger charge is -2.24. The molecule has 0 saturated heterocycles. The van der Waals surface area contributed by atoms with Gasteiger partial charge in [-0.15, -0.1) is 0 Å². The third kappa shape index (κ3) is 2.88. The van der Waals surface area contributed by atoms with Crippen LogP contribution in [0, 0.1) is 6.92 Å². The molecule has 0 fully saturated rings. The maximum atomic E-state index is 6.04. The number of aromatic nitrogens is 5. The molecule has 7 heteroatoms. The van der Waals surface area contributed by atoms with Crippen molar-refractivity contribution in [1.82, 2.24) is 24.5 Å². The highest BCUT2D eigenvalue weighted by atomic mass is 35.5. The molecule has 1 atom stereocenters. The van der Waals surface area contributed by atoms with E-state index in [9.17, 15) is 0 Å². The van der Waals surface area contributed by atoms with E-state index in [0.29, 0.717) is 11.0 Å². The molecule has 0 radical (unpaired) electrons. The molecule has 0 amide bonds. The molecule has 28 heavy (non-hydrogen) atoms. The summed E-state index contributed by atoms with van der Waals surface area (Å²) in [6.45, 7) is 2.02. The summed E-state index contributed by atoms with van der Waals surface area (Å²) < 4.78 is 3.78. The predicted octanol–water partition coefficient (Wildman–Crippen LogP) is 4.48. The van der Waals surface area contributed by atoms with E-state index < -0.39 is 0 Å². The summed E-state index contributed by atoms with van der Waals surface area (Å²) in [7, 11) is 0. The van der Waals surface area contributed by atoms with Crippen molar-refractivity contribution in [1.29, 1.82) is 0 Å². The molecule has 2 aromatic carbocycles. The fourth-order valence-corrected chi connectivity index (χ4v) is 3.56. The lowest BCUT2D eigenvalue weighted by atomic mass is 10.0. The normalized spacial score (nSPS) is 15.6. The Morgan fingerprint density at radius 2 is 1.82 bits per heavy atom. The third-order valence-corrected chi connectivity index (χ3v) is 5.09. The van der Waals surface area contributed by atoms with Gasteiger partial charge in [0.05, 0.1) is 11.4 Å². The molecule has 1 N–H and O–H groups in total. The number of benzene rings is 2. The van der Waals surface area contributed by atoms with E-state index >= 15 is 0 Å². The molecule has 0 bridgehead atoms. The summed E-state index contributed by atoms with van der Waals surface area (Å²) in [6.07, 6.45) is 5.76. The lowest BCUT2D eigenvalue weighted by molar-refractivity contribution is 0.609. The van der Waals surface area contributed by atoms with Crippen molar-refractivity contribution in [2.45, 2.75) is 13.0 Å². The molecular weight excluding hydrogens is 372 g/mol. The maximum absolute atomic E-state index is 6.04. The van der Waals surface area contributed by atoms with Gasteiger partial charge in [-0.3, -0.25) is 0 Å². The highest BCUT2D eigenvalue weighted by Gasteiger charge is 2.26. The van der Waals surface area contributed by atoms with Crippen LogP contribution >= 0.6 is 11.6 Å². The van der Waals surface area contributed by atoms with Crippen LogP contribution in [-0.4, -0.2) is 24.5 Å². The largest absolute Gasteiger partial charge is 0.324 e. The zero-order valence-electron chi connectivity index (χ0n) is 15.1. The van der Waals surface area contributed by atoms with Crippen molar-refractivity contribution in [2.75, 3.05) is 5.32 Å². The topological polar surface area (TPSA) is 60.6 Å². The van der Waals surface area contributed by atoms with Crippen LogP contribution < -0.4 is 5.32 Å². The first-order valence-electron chi connectivity index (χ1n) is 8.95. The van der Waals surface area contributed by atoms with Crippen LogP contribution in [-0.2, 0) is 0 Å². The zero-order valence-corrected chi connectivity index (χ0v) is 15.9. The van der Waals surface area contributed by atoms with Gasteiger partial charge in [-0.1, -0.05) is 41.9 Å². The molecule has 4 aromatic rings. The van der Waals surface area contributed by atoms with Crippen molar-refractivity contribution >= 4 is 23.2 Å². The Bertz CT molecular complexity index is 1160. The van der Waals surface area contributed by atoms with Crippen LogP contribution in [0.3, 0.4) is 0 Å². The van der Waals surface area contributed by atoms with Crippen LogP contribution in [0.25, 0.3) is 11.4 Å². The van der Waals surface area contributed by atoms with Crippen molar-refractivity contribution in [3.8, 4) is 5.69 Å². The molecule has 5 rings (SSSR count). The standard InChI is InChI=1S/C21H17ClN6/c1-14-18(12-27(26-14)17-5-3-2-4-6-17)20-11-19(15-7-9-16(22)10-8-15)25-21-23-13-24-28(20)21/h2-13,20H,1H3,(H,23,24,25). The van der Waals surface area contributed by atoms with Gasteiger partial charge < -0.3 is 5.32 Å². The molecule has 0 aliphatic carbocycles. The highest BCUT2D eigenvalue weighted by molar-refractivity contribution is 6.30. The number of hydrogen-bond acceptors (Lipinski definition) is 4. The number of hydrogen-bond donors (Lipinski definition) is 1. The molecule has 1 aliphatic heterocycles. The molecule has 2 aromatic heterocycles. The average molecular weight is 389 g/mol. The zero-order chi connectivity index (χ0) is 19.1. The minimum absolute atomic E-state index is 0.109. The van der Waals surface area contributed by atoms with Crippen LogP contribution in [0.15, 0.2) is 73.2 Å². The van der Waals surface area contributed by atoms with Crippen LogP contribution in [0.2, 0.25) is 5.02 Å². The smallest absolute Gasteiger partial charge is 0.226 e. The molecule has 0 saturated carbocycles. The number of aryl methyl sites for hydroxylation is 1. The molecule has 0 spiro atoms. The van der Waals surface area contributed by atoms with Gasteiger partial charge in [-0.25, -0.2) is 9.36 Å². The number of allylic oxidation sites excluding steroid dienone is 1. The van der Waals surface area contributed by atoms with E-state index in [0.717, 1.165) is 28.2 Å². The number of nitrogens with zero attached hydrogens (tertiary/aromatic N) is 5. The number of halogens is 1. The van der Waals surface area contributed by atoms with Crippen LogP contribution in [0.1, 0.15) is 22.9 Å². The van der Waals surface area contributed by atoms with Crippen molar-refractivity contribution < 1.29 is 0 Å². The second-order valence-corrected chi connectivity index (χ2v) is 7.07. The molecule has 3 heterocycles. The van der Waals surface area contributed by atoms with Gasteiger partial charge in [-0.05, 0) is 42.8 Å². The maximum Gasteiger partial charge on any atom is 0.226 e. The molecule has 6 nitrogen and oxygen atoms in total. The first-order valence-corrected chi connectivity index (χ1v) is 9.33. The second-order valence-electron chi connectivity index (χ2n) is 6.64. The predicted molar refractivity (Wildman–Crippen MR) is 110 cm³/mol. The molecule has 1 aliphatic rings. The monoisotopic (exact) mass is 388 g/mol. The Hall–Kier alpha value is -3.38. The Morgan fingerprint density at radius 3 is 2.61 bits per heavy atom. The van der Waals surface area contributed by atoms with Gasteiger partial charge in [0.2, 0.25) is 5.95 Å². The Labute approximate surface area is 167 Å². The number of fused-ring (bicyclic) bond motifs is 1. The minimum Gasteiger partial charge on any atom is -0.324 e. The first-order chi connectivity index (χ1) is 13.7. The lowest BCUT2D eigenvalue weighted by Crippen LogP contribution is -2.20. The quantitative estimate of drug-likeness (QED) is 0.562. The number of nitrogens with one attached hydrogen (secondary N) is 1. The SMILES string of the molecule is Cc1nn(-c2ccccc2)cc1C1C=C(c2ccc(Cl)cc2)Nc2ncnn21. The number of rotatable bonds is 3. The fourth-order valence-electron chi connectivity index (χ4n) is 3.43. The van der Waals surface area contributed by atoms with Gasteiger partial charge in [0.15, 0.2) is 0 Å². The van der Waals surface area contributed by atoms with E-state index in [1.54, 1.807) is 6.33 Å². The fraction of sp³-hybridized carbons (Fsp3) is 0.0952. The van der Waals surface area contributed by atoms with Gasteiger partial charge in [0.1, 0.15) is 12.4 Å². The van der Waals surface area contributed by atoms with E-state index in [1.807, 2.05) is 70.9 Å². The Balaban J connectivity index is 1.60. The van der Waals surface area contributed by atoms with Gasteiger partial charge in [0, 0.05) is 22.5 Å². The summed E-state index contributed by atoms with van der Waals surface area (Å²) >= 11 is 6.04. The Kier molecular flexibility index (Phi) is 3.98. The highest BCUT2D eigenvalue weighted by Crippen LogP contribution is 2.33. The summed E-state index contributed by atoms with van der Waals surface area (Å²) in [5, 5.41) is 13.2. The number of anilines is 1. The van der Waals surface area contributed by atoms with Gasteiger partial charge in [0.25, 0.3) is 0 Å². The van der Waals surface area contributed by atoms with Gasteiger partial charge >= 0.3 is 0 Å². The van der Waals surface area contributed by atoms with E-state index in [1.165, 1.54) is 0 Å². The molecular formula is C21H17ClN6. The number of para-hydroxylation sites is 1. The average Bonchev–Trinajstić information content (AvgIpc) is 3.35. The molecule has 1 unspecified atom stereocenters. The van der Waals surface area contributed by atoms with E-state index in [4.69, 9.17) is 16.7 Å². The van der Waals surface area contributed by atoms with E-state index in [2.05, 4.69) is 27.7 Å². The van der Waals surface area contributed by atoms with Crippen molar-refractivity contribution in [3.63, 3.8) is 0 Å². The Morgan fingerprint density at radius 1 is 1.04 bits per heavy atom. The van der Waals surface area contributed by atoms with Crippen molar-refractivity contribution in [3.05, 3.63) is 95.0 Å². The summed E-state index contributed by atoms with van der Waals surface area (Å²) in [6, 6.07) is 17.7. The second kappa shape index (κ2) is 6.65. The molecule has 138 valence electrons. The summed E-state index contributed by atoms with van der Waals surface area (Å²) in [5.41, 5.74) is 5.05. The minimum atomic E-state index is -0.109. The van der Waals surface area contributed by atoms with E-state index in [-0.39, 0.29) is 6.04 Å². The van der Waals surface area contributed by atoms with Crippen LogP contribution in [0.4, 0.5) is 5.95 Å².